The van der Waals surface area contributed by atoms with Gasteiger partial charge in [0.15, 0.2) is 0 Å². The highest BCUT2D eigenvalue weighted by molar-refractivity contribution is 5.95. The second-order valence-corrected chi connectivity index (χ2v) is 6.02. The molecule has 0 saturated carbocycles. The molecule has 0 fully saturated rings. The Morgan fingerprint density at radius 2 is 1.50 bits per heavy atom. The van der Waals surface area contributed by atoms with E-state index < -0.39 is 5.97 Å². The van der Waals surface area contributed by atoms with E-state index in [-0.39, 0.29) is 0 Å². The Bertz CT molecular complexity index is 939. The normalized spacial score (nSPS) is 11.2. The Morgan fingerprint density at radius 1 is 0.885 bits per heavy atom. The van der Waals surface area contributed by atoms with E-state index in [2.05, 4.69) is 0 Å². The van der Waals surface area contributed by atoms with E-state index >= 15 is 0 Å². The maximum atomic E-state index is 11.4. The van der Waals surface area contributed by atoms with Crippen LogP contribution in [0.3, 0.4) is 0 Å². The van der Waals surface area contributed by atoms with Crippen LogP contribution in [0.4, 0.5) is 0 Å². The average Bonchev–Trinajstić information content (AvgIpc) is 2.67. The molecule has 0 saturated heterocycles. The number of benzene rings is 3. The van der Waals surface area contributed by atoms with Gasteiger partial charge in [0.2, 0.25) is 0 Å². The molecule has 130 valence electrons. The van der Waals surface area contributed by atoms with Crippen LogP contribution in [0.15, 0.2) is 78.9 Å². The van der Waals surface area contributed by atoms with E-state index in [1.165, 1.54) is 6.08 Å². The Hall–Kier alpha value is -3.33. The fourth-order valence-corrected chi connectivity index (χ4v) is 2.92. The first-order valence-electron chi connectivity index (χ1n) is 8.34. The molecule has 0 aliphatic heterocycles. The summed E-state index contributed by atoms with van der Waals surface area (Å²) < 4.78 is 5.38. The predicted octanol–water partition coefficient (Wildman–Crippen LogP) is 5.19. The molecule has 0 atom stereocenters. The summed E-state index contributed by atoms with van der Waals surface area (Å²) >= 11 is 0. The standard InChI is InChI=1S/C23H20O3/c1-16-8-9-20(14-22(16)26-2)21(15-23(24)25)19-12-10-18(11-13-19)17-6-4-3-5-7-17/h3-15H,1-2H3,(H,24,25). The van der Waals surface area contributed by atoms with Crippen LogP contribution in [0, 0.1) is 6.92 Å². The van der Waals surface area contributed by atoms with Crippen molar-refractivity contribution < 1.29 is 14.6 Å². The van der Waals surface area contributed by atoms with Gasteiger partial charge in [-0.3, -0.25) is 0 Å². The molecule has 0 bridgehead atoms. The first-order valence-corrected chi connectivity index (χ1v) is 8.34. The summed E-state index contributed by atoms with van der Waals surface area (Å²) in [5.41, 5.74) is 5.52. The number of carboxylic acids is 1. The highest BCUT2D eigenvalue weighted by atomic mass is 16.5. The first kappa shape index (κ1) is 17.5. The lowest BCUT2D eigenvalue weighted by atomic mass is 9.94. The van der Waals surface area contributed by atoms with Crippen molar-refractivity contribution in [2.75, 3.05) is 7.11 Å². The lowest BCUT2D eigenvalue weighted by Gasteiger charge is -2.12. The van der Waals surface area contributed by atoms with Crippen LogP contribution in [0.1, 0.15) is 16.7 Å². The molecule has 3 nitrogen and oxygen atoms in total. The third-order valence-electron chi connectivity index (χ3n) is 4.29. The van der Waals surface area contributed by atoms with Crippen LogP contribution >= 0.6 is 0 Å². The van der Waals surface area contributed by atoms with E-state index in [0.29, 0.717) is 5.57 Å². The van der Waals surface area contributed by atoms with Crippen molar-refractivity contribution in [3.8, 4) is 16.9 Å². The minimum Gasteiger partial charge on any atom is -0.496 e. The number of aryl methyl sites for hydroxylation is 1. The van der Waals surface area contributed by atoms with Gasteiger partial charge in [-0.25, -0.2) is 4.79 Å². The van der Waals surface area contributed by atoms with Crippen LogP contribution in [0.5, 0.6) is 5.75 Å². The summed E-state index contributed by atoms with van der Waals surface area (Å²) in [5.74, 6) is -0.244. The van der Waals surface area contributed by atoms with Crippen molar-refractivity contribution in [2.45, 2.75) is 6.92 Å². The number of methoxy groups -OCH3 is 1. The fourth-order valence-electron chi connectivity index (χ4n) is 2.92. The Balaban J connectivity index is 2.03. The molecule has 0 aromatic heterocycles. The van der Waals surface area contributed by atoms with E-state index in [0.717, 1.165) is 33.6 Å². The molecular formula is C23H20O3. The largest absolute Gasteiger partial charge is 0.496 e. The molecule has 0 aliphatic rings. The summed E-state index contributed by atoms with van der Waals surface area (Å²) in [6.07, 6.45) is 1.24. The first-order chi connectivity index (χ1) is 12.6. The van der Waals surface area contributed by atoms with Crippen LogP contribution < -0.4 is 4.74 Å². The van der Waals surface area contributed by atoms with Gasteiger partial charge in [-0.2, -0.15) is 0 Å². The van der Waals surface area contributed by atoms with Gasteiger partial charge in [-0.05, 0) is 46.4 Å². The summed E-state index contributed by atoms with van der Waals surface area (Å²) in [7, 11) is 1.61. The molecule has 0 radical (unpaired) electrons. The number of aliphatic carboxylic acids is 1. The second kappa shape index (κ2) is 7.70. The van der Waals surface area contributed by atoms with E-state index in [4.69, 9.17) is 4.74 Å². The highest BCUT2D eigenvalue weighted by Gasteiger charge is 2.10. The van der Waals surface area contributed by atoms with E-state index in [1.54, 1.807) is 7.11 Å². The van der Waals surface area contributed by atoms with Crippen molar-refractivity contribution >= 4 is 11.5 Å². The third kappa shape index (κ3) is 3.83. The van der Waals surface area contributed by atoms with Gasteiger partial charge in [-0.1, -0.05) is 66.7 Å². The summed E-state index contributed by atoms with van der Waals surface area (Å²) in [5, 5.41) is 9.31. The summed E-state index contributed by atoms with van der Waals surface area (Å²) in [6.45, 7) is 1.96. The maximum absolute atomic E-state index is 11.4. The van der Waals surface area contributed by atoms with Gasteiger partial charge in [0, 0.05) is 6.08 Å². The second-order valence-electron chi connectivity index (χ2n) is 6.02. The number of carbonyl (C=O) groups is 1. The van der Waals surface area contributed by atoms with Crippen molar-refractivity contribution in [3.05, 3.63) is 95.6 Å². The molecule has 26 heavy (non-hydrogen) atoms. The van der Waals surface area contributed by atoms with Crippen molar-refractivity contribution in [3.63, 3.8) is 0 Å². The molecule has 3 aromatic rings. The van der Waals surface area contributed by atoms with Crippen molar-refractivity contribution in [2.24, 2.45) is 0 Å². The number of hydrogen-bond acceptors (Lipinski definition) is 2. The highest BCUT2D eigenvalue weighted by Crippen LogP contribution is 2.30. The number of carboxylic acid groups (broad SMARTS) is 1. The SMILES string of the molecule is COc1cc(C(=CC(=O)O)c2ccc(-c3ccccc3)cc2)ccc1C. The zero-order chi connectivity index (χ0) is 18.5. The van der Waals surface area contributed by atoms with Crippen molar-refractivity contribution in [1.29, 1.82) is 0 Å². The third-order valence-corrected chi connectivity index (χ3v) is 4.29. The van der Waals surface area contributed by atoms with Crippen LogP contribution in [-0.2, 0) is 4.79 Å². The maximum Gasteiger partial charge on any atom is 0.328 e. The minimum absolute atomic E-state index is 0.649. The quantitative estimate of drug-likeness (QED) is 0.648. The zero-order valence-electron chi connectivity index (χ0n) is 14.8. The molecule has 3 heteroatoms. The molecule has 3 rings (SSSR count). The average molecular weight is 344 g/mol. The van der Waals surface area contributed by atoms with Crippen molar-refractivity contribution in [1.82, 2.24) is 0 Å². The van der Waals surface area contributed by atoms with Crippen LogP contribution in [0.25, 0.3) is 16.7 Å². The zero-order valence-corrected chi connectivity index (χ0v) is 14.8. The molecule has 0 spiro atoms. The molecule has 1 N–H and O–H groups in total. The topological polar surface area (TPSA) is 46.5 Å². The van der Waals surface area contributed by atoms with Gasteiger partial charge in [-0.15, -0.1) is 0 Å². The smallest absolute Gasteiger partial charge is 0.328 e. The molecule has 0 unspecified atom stereocenters. The molecular weight excluding hydrogens is 324 g/mol. The summed E-state index contributed by atoms with van der Waals surface area (Å²) in [6, 6.07) is 23.7. The van der Waals surface area contributed by atoms with Gasteiger partial charge < -0.3 is 9.84 Å². The number of rotatable bonds is 5. The fraction of sp³-hybridized carbons (Fsp3) is 0.0870. The van der Waals surface area contributed by atoms with Crippen LogP contribution in [-0.4, -0.2) is 18.2 Å². The predicted molar refractivity (Wildman–Crippen MR) is 104 cm³/mol. The van der Waals surface area contributed by atoms with E-state index in [9.17, 15) is 9.90 Å². The molecule has 0 amide bonds. The molecule has 0 heterocycles. The minimum atomic E-state index is -0.980. The number of hydrogen-bond donors (Lipinski definition) is 1. The monoisotopic (exact) mass is 344 g/mol. The van der Waals surface area contributed by atoms with Crippen LogP contribution in [0.2, 0.25) is 0 Å². The molecule has 3 aromatic carbocycles. The van der Waals surface area contributed by atoms with Gasteiger partial charge in [0.05, 0.1) is 7.11 Å². The Kier molecular flexibility index (Phi) is 5.18. The Morgan fingerprint density at radius 3 is 2.12 bits per heavy atom. The number of ether oxygens (including phenoxy) is 1. The lowest BCUT2D eigenvalue weighted by Crippen LogP contribution is -1.96. The van der Waals surface area contributed by atoms with Gasteiger partial charge in [0.1, 0.15) is 5.75 Å². The van der Waals surface area contributed by atoms with E-state index in [1.807, 2.05) is 79.7 Å². The molecule has 0 aliphatic carbocycles. The Labute approximate surface area is 153 Å². The summed E-state index contributed by atoms with van der Waals surface area (Å²) in [4.78, 5) is 11.4. The van der Waals surface area contributed by atoms with Gasteiger partial charge >= 0.3 is 5.97 Å². The lowest BCUT2D eigenvalue weighted by molar-refractivity contribution is -0.131. The van der Waals surface area contributed by atoms with Gasteiger partial charge in [0.25, 0.3) is 0 Å².